The number of aliphatic hydroxyl groups excluding tert-OH is 1. The number of piperazine rings is 1. The first-order valence-electron chi connectivity index (χ1n) is 6.72. The molecule has 0 aromatic carbocycles. The summed E-state index contributed by atoms with van der Waals surface area (Å²) in [4.78, 5) is 3.68. The number of nitrogens with zero attached hydrogens (tertiary/aromatic N) is 3. The summed E-state index contributed by atoms with van der Waals surface area (Å²) < 4.78 is 1.83. The van der Waals surface area contributed by atoms with E-state index in [4.69, 9.17) is 10.8 Å². The first-order valence-corrected chi connectivity index (χ1v) is 6.72. The van der Waals surface area contributed by atoms with Crippen molar-refractivity contribution in [2.45, 2.75) is 0 Å². The van der Waals surface area contributed by atoms with Crippen LogP contribution in [-0.2, 0) is 0 Å². The lowest BCUT2D eigenvalue weighted by Gasteiger charge is -2.32. The van der Waals surface area contributed by atoms with Gasteiger partial charge in [-0.25, -0.2) is 4.52 Å². The number of nitrogen functional groups attached to an aromatic ring is 1. The predicted molar refractivity (Wildman–Crippen MR) is 74.5 cm³/mol. The molecule has 19 heavy (non-hydrogen) atoms. The Kier molecular flexibility index (Phi) is 3.27. The summed E-state index contributed by atoms with van der Waals surface area (Å²) in [6.07, 6.45) is 1.92. The number of hydrogen-bond acceptors (Lipinski definition) is 4. The van der Waals surface area contributed by atoms with Gasteiger partial charge in [-0.2, -0.15) is 0 Å². The van der Waals surface area contributed by atoms with Gasteiger partial charge in [-0.15, -0.1) is 5.10 Å². The molecule has 1 saturated heterocycles. The number of aromatic nitrogens is 2. The van der Waals surface area contributed by atoms with Crippen molar-refractivity contribution in [3.05, 3.63) is 24.4 Å². The van der Waals surface area contributed by atoms with Crippen molar-refractivity contribution in [3.8, 4) is 0 Å². The predicted octanol–water partition coefficient (Wildman–Crippen LogP) is -1.39. The molecule has 6 nitrogen and oxygen atoms in total. The van der Waals surface area contributed by atoms with E-state index in [1.807, 2.05) is 28.9 Å². The molecule has 2 aromatic heterocycles. The minimum absolute atomic E-state index is 0.256. The maximum atomic E-state index is 8.97. The molecule has 0 radical (unpaired) electrons. The monoisotopic (exact) mass is 262 g/mol. The molecule has 0 bridgehead atoms. The van der Waals surface area contributed by atoms with Crippen LogP contribution in [0.2, 0.25) is 0 Å². The minimum atomic E-state index is 0.256. The normalized spacial score (nSPS) is 17.2. The highest BCUT2D eigenvalue weighted by Crippen LogP contribution is 2.26. The summed E-state index contributed by atoms with van der Waals surface area (Å²) in [6, 6.07) is 5.91. The topological polar surface area (TPSA) is 71.2 Å². The summed E-state index contributed by atoms with van der Waals surface area (Å²) in [5.74, 6) is 0.884. The van der Waals surface area contributed by atoms with Gasteiger partial charge in [0.25, 0.3) is 0 Å². The zero-order valence-electron chi connectivity index (χ0n) is 10.9. The standard InChI is InChI=1S/C13H19N5O/c14-12-11-3-1-2-4-18(11)15-13(12)17-7-5-16(6-8-17)9-10-19/h1-4,19H,5-10,14H2/p+1. The molecular formula is C13H20N5O+. The number of hydrogen-bond donors (Lipinski definition) is 3. The number of anilines is 2. The summed E-state index contributed by atoms with van der Waals surface area (Å²) in [5.41, 5.74) is 7.91. The SMILES string of the molecule is Nc1c(N2CC[NH+](CCO)CC2)nn2ccccc12. The van der Waals surface area contributed by atoms with Crippen molar-refractivity contribution >= 4 is 17.0 Å². The van der Waals surface area contributed by atoms with Crippen LogP contribution in [0.3, 0.4) is 0 Å². The number of fused-ring (bicyclic) bond motifs is 1. The van der Waals surface area contributed by atoms with Crippen molar-refractivity contribution in [2.75, 3.05) is 50.0 Å². The van der Waals surface area contributed by atoms with Crippen LogP contribution in [0.5, 0.6) is 0 Å². The lowest BCUT2D eigenvalue weighted by atomic mass is 10.3. The largest absolute Gasteiger partial charge is 0.394 e. The average Bonchev–Trinajstić information content (AvgIpc) is 2.78. The number of aliphatic hydroxyl groups is 1. The summed E-state index contributed by atoms with van der Waals surface area (Å²) >= 11 is 0. The van der Waals surface area contributed by atoms with E-state index in [1.54, 1.807) is 0 Å². The molecule has 1 aliphatic rings. The molecule has 6 heteroatoms. The Balaban J connectivity index is 1.80. The Hall–Kier alpha value is -1.79. The van der Waals surface area contributed by atoms with Crippen LogP contribution < -0.4 is 15.5 Å². The maximum Gasteiger partial charge on any atom is 0.175 e. The molecule has 0 spiro atoms. The minimum Gasteiger partial charge on any atom is -0.394 e. The van der Waals surface area contributed by atoms with Crippen molar-refractivity contribution in [3.63, 3.8) is 0 Å². The Labute approximate surface area is 112 Å². The third-order valence-electron chi connectivity index (χ3n) is 3.79. The molecule has 0 unspecified atom stereocenters. The Bertz CT molecular complexity index is 559. The van der Waals surface area contributed by atoms with E-state index in [2.05, 4.69) is 10.00 Å². The molecule has 2 aromatic rings. The van der Waals surface area contributed by atoms with Gasteiger partial charge >= 0.3 is 0 Å². The molecule has 1 aliphatic heterocycles. The van der Waals surface area contributed by atoms with Crippen LogP contribution in [0.15, 0.2) is 24.4 Å². The molecule has 3 heterocycles. The van der Waals surface area contributed by atoms with Crippen LogP contribution in [0.25, 0.3) is 5.52 Å². The van der Waals surface area contributed by atoms with Crippen LogP contribution in [-0.4, -0.2) is 54.1 Å². The second kappa shape index (κ2) is 5.07. The van der Waals surface area contributed by atoms with E-state index in [0.29, 0.717) is 0 Å². The second-order valence-electron chi connectivity index (χ2n) is 4.98. The second-order valence-corrected chi connectivity index (χ2v) is 4.98. The maximum absolute atomic E-state index is 8.97. The molecule has 0 aliphatic carbocycles. The van der Waals surface area contributed by atoms with Gasteiger partial charge in [0.15, 0.2) is 5.82 Å². The van der Waals surface area contributed by atoms with E-state index < -0.39 is 0 Å². The molecule has 0 atom stereocenters. The third kappa shape index (κ3) is 2.24. The van der Waals surface area contributed by atoms with Crippen LogP contribution in [0.4, 0.5) is 11.5 Å². The van der Waals surface area contributed by atoms with Gasteiger partial charge in [-0.1, -0.05) is 6.07 Å². The lowest BCUT2D eigenvalue weighted by Crippen LogP contribution is -3.15. The van der Waals surface area contributed by atoms with Gasteiger partial charge in [0, 0.05) is 6.20 Å². The van der Waals surface area contributed by atoms with E-state index in [9.17, 15) is 0 Å². The van der Waals surface area contributed by atoms with Gasteiger partial charge in [-0.05, 0) is 12.1 Å². The highest BCUT2D eigenvalue weighted by molar-refractivity contribution is 5.81. The highest BCUT2D eigenvalue weighted by atomic mass is 16.3. The fourth-order valence-corrected chi connectivity index (χ4v) is 2.68. The van der Waals surface area contributed by atoms with Gasteiger partial charge in [-0.3, -0.25) is 0 Å². The number of nitrogens with one attached hydrogen (secondary N) is 1. The van der Waals surface area contributed by atoms with Gasteiger partial charge < -0.3 is 20.6 Å². The van der Waals surface area contributed by atoms with Gasteiger partial charge in [0.2, 0.25) is 0 Å². The lowest BCUT2D eigenvalue weighted by molar-refractivity contribution is -0.900. The zero-order chi connectivity index (χ0) is 13.2. The first kappa shape index (κ1) is 12.3. The van der Waals surface area contributed by atoms with Crippen molar-refractivity contribution in [1.29, 1.82) is 0 Å². The third-order valence-corrected chi connectivity index (χ3v) is 3.79. The van der Waals surface area contributed by atoms with E-state index in [1.165, 1.54) is 4.90 Å². The number of pyridine rings is 1. The average molecular weight is 262 g/mol. The fraction of sp³-hybridized carbons (Fsp3) is 0.462. The van der Waals surface area contributed by atoms with Gasteiger partial charge in [0.1, 0.15) is 12.2 Å². The number of quaternary nitrogens is 1. The van der Waals surface area contributed by atoms with E-state index in [-0.39, 0.29) is 6.61 Å². The summed E-state index contributed by atoms with van der Waals surface area (Å²) in [7, 11) is 0. The molecule has 4 N–H and O–H groups in total. The Morgan fingerprint density at radius 1 is 1.32 bits per heavy atom. The van der Waals surface area contributed by atoms with Crippen molar-refractivity contribution < 1.29 is 10.0 Å². The highest BCUT2D eigenvalue weighted by Gasteiger charge is 2.23. The van der Waals surface area contributed by atoms with Gasteiger partial charge in [0.05, 0.1) is 38.3 Å². The smallest absolute Gasteiger partial charge is 0.175 e. The molecular weight excluding hydrogens is 242 g/mol. The van der Waals surface area contributed by atoms with Crippen LogP contribution >= 0.6 is 0 Å². The summed E-state index contributed by atoms with van der Waals surface area (Å²) in [5, 5.41) is 13.5. The molecule has 1 fully saturated rings. The molecule has 102 valence electrons. The van der Waals surface area contributed by atoms with Crippen LogP contribution in [0, 0.1) is 0 Å². The van der Waals surface area contributed by atoms with Crippen molar-refractivity contribution in [1.82, 2.24) is 9.61 Å². The first-order chi connectivity index (χ1) is 9.29. The van der Waals surface area contributed by atoms with Crippen molar-refractivity contribution in [2.24, 2.45) is 0 Å². The molecule has 3 rings (SSSR count). The molecule has 0 amide bonds. The fourth-order valence-electron chi connectivity index (χ4n) is 2.68. The van der Waals surface area contributed by atoms with E-state index in [0.717, 1.165) is 49.7 Å². The molecule has 0 saturated carbocycles. The Morgan fingerprint density at radius 2 is 2.11 bits per heavy atom. The number of rotatable bonds is 3. The van der Waals surface area contributed by atoms with Crippen LogP contribution in [0.1, 0.15) is 0 Å². The number of nitrogens with two attached hydrogens (primary N) is 1. The Morgan fingerprint density at radius 3 is 2.79 bits per heavy atom. The summed E-state index contributed by atoms with van der Waals surface area (Å²) in [6.45, 7) is 4.99. The quantitative estimate of drug-likeness (QED) is 0.637. The zero-order valence-corrected chi connectivity index (χ0v) is 10.9. The van der Waals surface area contributed by atoms with E-state index >= 15 is 0 Å².